The number of phosphoric acid groups is 1. The van der Waals surface area contributed by atoms with Gasteiger partial charge in [0, 0.05) is 0 Å². The van der Waals surface area contributed by atoms with Gasteiger partial charge in [-0.1, -0.05) is 0 Å². The fraction of sp³-hybridized carbons (Fsp3) is 0.545. The molecule has 1 saturated heterocycles. The van der Waals surface area contributed by atoms with E-state index in [1.54, 1.807) is 0 Å². The number of aromatic nitrogens is 4. The number of nitrogens with two attached hydrogens (primary N) is 1. The summed E-state index contributed by atoms with van der Waals surface area (Å²) < 4.78 is 26.8. The van der Waals surface area contributed by atoms with Gasteiger partial charge in [-0.05, 0) is 0 Å². The van der Waals surface area contributed by atoms with Gasteiger partial charge in [0.05, 0.1) is 20.0 Å². The topological polar surface area (TPSA) is 195 Å². The minimum Gasteiger partial charge on any atom is -0.467 e. The summed E-state index contributed by atoms with van der Waals surface area (Å²) in [5, 5.41) is 20.2. The number of methoxy groups -OCH3 is 1. The summed E-state index contributed by atoms with van der Waals surface area (Å²) in [6, 6.07) is -0.0267. The Balaban J connectivity index is 1.90. The number of nitrogens with zero attached hydrogens (tertiary/aromatic N) is 4. The van der Waals surface area contributed by atoms with Gasteiger partial charge >= 0.3 is 13.8 Å². The van der Waals surface area contributed by atoms with E-state index in [4.69, 9.17) is 25.0 Å². The number of imidazole rings is 1. The zero-order valence-electron chi connectivity index (χ0n) is 12.8. The number of fused-ring (bicyclic) bond motifs is 1. The first-order valence-electron chi connectivity index (χ1n) is 6.97. The maximum atomic E-state index is 10.8. The van der Waals surface area contributed by atoms with Gasteiger partial charge in [0.25, 0.3) is 0 Å². The minimum atomic E-state index is -4.75. The molecule has 138 valence electrons. The molecule has 0 bridgehead atoms. The average molecular weight is 377 g/mol. The van der Waals surface area contributed by atoms with Crippen LogP contribution in [0.1, 0.15) is 6.23 Å². The first-order valence-corrected chi connectivity index (χ1v) is 8.50. The molecule has 2 aromatic rings. The van der Waals surface area contributed by atoms with Crippen LogP contribution in [0.4, 0.5) is 5.82 Å². The number of nitrogen functional groups attached to an aromatic ring is 1. The maximum Gasteiger partial charge on any atom is 0.469 e. The van der Waals surface area contributed by atoms with Crippen molar-refractivity contribution in [3.63, 3.8) is 0 Å². The van der Waals surface area contributed by atoms with Gasteiger partial charge in [0.1, 0.15) is 18.3 Å². The molecular weight excluding hydrogens is 361 g/mol. The molecule has 0 aromatic carbocycles. The van der Waals surface area contributed by atoms with Gasteiger partial charge < -0.3 is 35.2 Å². The molecule has 3 heterocycles. The largest absolute Gasteiger partial charge is 0.469 e. The number of aliphatic hydroxyl groups excluding tert-OH is 2. The molecule has 1 aliphatic heterocycles. The summed E-state index contributed by atoms with van der Waals surface area (Å²) in [6.45, 7) is -0.619. The fourth-order valence-electron chi connectivity index (χ4n) is 2.46. The van der Waals surface area contributed by atoms with Crippen molar-refractivity contribution >= 4 is 24.8 Å². The summed E-state index contributed by atoms with van der Waals surface area (Å²) in [6.07, 6.45) is -3.90. The summed E-state index contributed by atoms with van der Waals surface area (Å²) in [7, 11) is -3.40. The van der Waals surface area contributed by atoms with E-state index in [9.17, 15) is 14.8 Å². The van der Waals surface area contributed by atoms with Crippen molar-refractivity contribution < 1.29 is 38.6 Å². The standard InChI is InChI=1S/C11H16N5O8P/c1-22-11-14-8(12)5-9(15-11)16(3-13-5)10-7(18)6(17)4(24-10)2-23-25(19,20)21/h3-4,6-7,10,17-18H,2H2,1H3,(H2,12,14,15)(H2,19,20,21)/t4-,6-,7-,10-/m1/s1. The van der Waals surface area contributed by atoms with Crippen molar-refractivity contribution in [2.45, 2.75) is 24.5 Å². The van der Waals surface area contributed by atoms with E-state index in [-0.39, 0.29) is 23.0 Å². The second-order valence-corrected chi connectivity index (χ2v) is 6.49. The second-order valence-electron chi connectivity index (χ2n) is 5.25. The van der Waals surface area contributed by atoms with E-state index in [1.807, 2.05) is 0 Å². The smallest absolute Gasteiger partial charge is 0.467 e. The monoisotopic (exact) mass is 377 g/mol. The third kappa shape index (κ3) is 3.43. The van der Waals surface area contributed by atoms with E-state index >= 15 is 0 Å². The van der Waals surface area contributed by atoms with Crippen molar-refractivity contribution in [3.05, 3.63) is 6.33 Å². The van der Waals surface area contributed by atoms with Crippen LogP contribution in [0, 0.1) is 0 Å². The molecule has 2 aromatic heterocycles. The molecule has 0 aliphatic carbocycles. The number of hydrogen-bond donors (Lipinski definition) is 5. The van der Waals surface area contributed by atoms with E-state index in [1.165, 1.54) is 18.0 Å². The molecule has 0 amide bonds. The zero-order chi connectivity index (χ0) is 18.4. The van der Waals surface area contributed by atoms with E-state index in [0.717, 1.165) is 0 Å². The van der Waals surface area contributed by atoms with Gasteiger partial charge in [-0.25, -0.2) is 9.55 Å². The summed E-state index contributed by atoms with van der Waals surface area (Å²) >= 11 is 0. The molecule has 1 aliphatic rings. The third-order valence-electron chi connectivity index (χ3n) is 3.63. The number of ether oxygens (including phenoxy) is 2. The van der Waals surface area contributed by atoms with Crippen LogP contribution in [0.3, 0.4) is 0 Å². The lowest BCUT2D eigenvalue weighted by Gasteiger charge is -2.16. The van der Waals surface area contributed by atoms with Crippen molar-refractivity contribution in [1.82, 2.24) is 19.5 Å². The summed E-state index contributed by atoms with van der Waals surface area (Å²) in [5.41, 5.74) is 6.19. The Morgan fingerprint density at radius 3 is 2.72 bits per heavy atom. The molecule has 0 spiro atoms. The Kier molecular flexibility index (Phi) is 4.64. The molecule has 6 N–H and O–H groups in total. The van der Waals surface area contributed by atoms with Gasteiger partial charge in [0.2, 0.25) is 0 Å². The Bertz CT molecular complexity index is 824. The number of hydrogen-bond acceptors (Lipinski definition) is 10. The Morgan fingerprint density at radius 2 is 2.08 bits per heavy atom. The third-order valence-corrected chi connectivity index (χ3v) is 4.11. The minimum absolute atomic E-state index is 0.0267. The van der Waals surface area contributed by atoms with Gasteiger partial charge in [-0.15, -0.1) is 0 Å². The van der Waals surface area contributed by atoms with Crippen LogP contribution in [0.2, 0.25) is 0 Å². The van der Waals surface area contributed by atoms with Gasteiger partial charge in [-0.2, -0.15) is 9.97 Å². The molecular formula is C11H16N5O8P. The molecule has 25 heavy (non-hydrogen) atoms. The quantitative estimate of drug-likeness (QED) is 0.365. The van der Waals surface area contributed by atoms with Crippen LogP contribution in [-0.2, 0) is 13.8 Å². The highest BCUT2D eigenvalue weighted by Crippen LogP contribution is 2.39. The first-order chi connectivity index (χ1) is 11.7. The molecule has 0 unspecified atom stereocenters. The zero-order valence-corrected chi connectivity index (χ0v) is 13.7. The maximum absolute atomic E-state index is 10.8. The lowest BCUT2D eigenvalue weighted by molar-refractivity contribution is -0.0504. The molecule has 4 atom stereocenters. The van der Waals surface area contributed by atoms with Crippen LogP contribution < -0.4 is 10.5 Å². The summed E-state index contributed by atoms with van der Waals surface area (Å²) in [5.74, 6) is 0.0509. The summed E-state index contributed by atoms with van der Waals surface area (Å²) in [4.78, 5) is 29.5. The Labute approximate surface area is 140 Å². The fourth-order valence-corrected chi connectivity index (χ4v) is 2.80. The molecule has 13 nitrogen and oxygen atoms in total. The highest BCUT2D eigenvalue weighted by atomic mass is 31.2. The lowest BCUT2D eigenvalue weighted by atomic mass is 10.1. The van der Waals surface area contributed by atoms with Crippen LogP contribution in [-0.4, -0.2) is 71.5 Å². The average Bonchev–Trinajstić information content (AvgIpc) is 3.08. The number of anilines is 1. The van der Waals surface area contributed by atoms with Crippen molar-refractivity contribution in [3.8, 4) is 6.01 Å². The molecule has 14 heteroatoms. The first kappa shape index (κ1) is 17.9. The number of phosphoric ester groups is 1. The molecule has 1 fully saturated rings. The van der Waals surface area contributed by atoms with Gasteiger partial charge in [0.15, 0.2) is 23.2 Å². The SMILES string of the molecule is COc1nc(N)c2ncn([C@@H]3O[C@H](COP(=O)(O)O)[C@@H](O)[C@H]3O)c2n1. The van der Waals surface area contributed by atoms with Crippen LogP contribution in [0.25, 0.3) is 11.2 Å². The van der Waals surface area contributed by atoms with E-state index in [2.05, 4.69) is 19.5 Å². The molecule has 0 radical (unpaired) electrons. The highest BCUT2D eigenvalue weighted by Gasteiger charge is 2.45. The predicted octanol–water partition coefficient (Wildman–Crippen LogP) is -1.85. The van der Waals surface area contributed by atoms with E-state index < -0.39 is 39.0 Å². The van der Waals surface area contributed by atoms with Crippen molar-refractivity contribution in [1.29, 1.82) is 0 Å². The van der Waals surface area contributed by atoms with Crippen LogP contribution in [0.15, 0.2) is 6.33 Å². The van der Waals surface area contributed by atoms with E-state index in [0.29, 0.717) is 0 Å². The normalized spacial score (nSPS) is 27.1. The Morgan fingerprint density at radius 1 is 1.36 bits per heavy atom. The predicted molar refractivity (Wildman–Crippen MR) is 80.2 cm³/mol. The highest BCUT2D eigenvalue weighted by molar-refractivity contribution is 7.46. The number of aliphatic hydroxyl groups is 2. The molecule has 0 saturated carbocycles. The number of rotatable bonds is 5. The van der Waals surface area contributed by atoms with Gasteiger partial charge in [-0.3, -0.25) is 9.09 Å². The second kappa shape index (κ2) is 6.46. The Hall–Kier alpha value is -1.86. The van der Waals surface area contributed by atoms with Crippen molar-refractivity contribution in [2.75, 3.05) is 19.5 Å². The van der Waals surface area contributed by atoms with Crippen LogP contribution in [0.5, 0.6) is 6.01 Å². The van der Waals surface area contributed by atoms with Crippen molar-refractivity contribution in [2.24, 2.45) is 0 Å². The molecule has 3 rings (SSSR count). The lowest BCUT2D eigenvalue weighted by Crippen LogP contribution is -2.33. The van der Waals surface area contributed by atoms with Crippen LogP contribution >= 0.6 is 7.82 Å².